The number of aromatic nitrogens is 1. The Labute approximate surface area is 209 Å². The van der Waals surface area contributed by atoms with Crippen LogP contribution in [0.5, 0.6) is 0 Å². The van der Waals surface area contributed by atoms with E-state index in [2.05, 4.69) is 11.6 Å². The van der Waals surface area contributed by atoms with E-state index in [9.17, 15) is 18.8 Å². The van der Waals surface area contributed by atoms with Crippen molar-refractivity contribution in [1.82, 2.24) is 4.57 Å². The number of para-hydroxylation sites is 1. The molecule has 1 aromatic heterocycles. The van der Waals surface area contributed by atoms with Crippen molar-refractivity contribution >= 4 is 34.5 Å². The Balaban J connectivity index is 1.82. The van der Waals surface area contributed by atoms with Gasteiger partial charge >= 0.3 is 5.97 Å². The molecule has 1 amide bonds. The first-order valence-electron chi connectivity index (χ1n) is 11.4. The monoisotopic (exact) mass is 503 g/mol. The topological polar surface area (TPSA) is 81.0 Å². The first kappa shape index (κ1) is 23.6. The quantitative estimate of drug-likeness (QED) is 0.396. The van der Waals surface area contributed by atoms with Crippen molar-refractivity contribution in [2.75, 3.05) is 18.1 Å². The van der Waals surface area contributed by atoms with E-state index in [0.29, 0.717) is 33.9 Å². The smallest absolute Gasteiger partial charge is 0.338 e. The molecule has 0 aliphatic carbocycles. The lowest BCUT2D eigenvalue weighted by molar-refractivity contribution is -0.139. The van der Waals surface area contributed by atoms with Gasteiger partial charge in [-0.25, -0.2) is 14.2 Å². The van der Waals surface area contributed by atoms with Gasteiger partial charge in [0.25, 0.3) is 11.5 Å². The van der Waals surface area contributed by atoms with Crippen LogP contribution in [-0.4, -0.2) is 29.6 Å². The molecule has 5 rings (SSSR count). The van der Waals surface area contributed by atoms with E-state index in [0.717, 1.165) is 11.3 Å². The fourth-order valence-electron chi connectivity index (χ4n) is 4.61. The third kappa shape index (κ3) is 3.63. The standard InChI is InChI=1S/C27H22FN3O4S/c1-4-14-30-19-9-7-6-8-18(19)21(24(30)32)23-25(33)31-22(16-10-12-17(28)13-11-16)20(26(34)35-5-2)15(3)29-27(31)36-23/h4,6-13,22H,1,5,14H2,2-3H3/b23-21-/t22-/m1/s1. The molecule has 182 valence electrons. The second-order valence-corrected chi connectivity index (χ2v) is 9.25. The van der Waals surface area contributed by atoms with Gasteiger partial charge in [-0.15, -0.1) is 6.58 Å². The lowest BCUT2D eigenvalue weighted by atomic mass is 9.96. The molecule has 0 saturated carbocycles. The number of thiazole rings is 1. The van der Waals surface area contributed by atoms with Gasteiger partial charge in [0, 0.05) is 12.1 Å². The molecule has 0 spiro atoms. The highest BCUT2D eigenvalue weighted by Gasteiger charge is 2.37. The van der Waals surface area contributed by atoms with Crippen molar-refractivity contribution in [1.29, 1.82) is 0 Å². The van der Waals surface area contributed by atoms with Gasteiger partial charge in [0.05, 0.1) is 35.2 Å². The number of esters is 1. The Morgan fingerprint density at radius 1 is 1.19 bits per heavy atom. The van der Waals surface area contributed by atoms with Gasteiger partial charge in [0.2, 0.25) is 0 Å². The molecular formula is C27H22FN3O4S. The third-order valence-corrected chi connectivity index (χ3v) is 7.19. The summed E-state index contributed by atoms with van der Waals surface area (Å²) in [5.41, 5.74) is 2.29. The number of benzene rings is 2. The molecule has 0 N–H and O–H groups in total. The molecule has 0 bridgehead atoms. The minimum Gasteiger partial charge on any atom is -0.463 e. The summed E-state index contributed by atoms with van der Waals surface area (Å²) in [5.74, 6) is -1.35. The second-order valence-electron chi connectivity index (χ2n) is 8.27. The van der Waals surface area contributed by atoms with Crippen molar-refractivity contribution < 1.29 is 18.7 Å². The van der Waals surface area contributed by atoms with E-state index in [1.165, 1.54) is 28.8 Å². The summed E-state index contributed by atoms with van der Waals surface area (Å²) < 4.78 is 20.6. The fraction of sp³-hybridized carbons (Fsp3) is 0.185. The lowest BCUT2D eigenvalue weighted by Gasteiger charge is -2.24. The fourth-order valence-corrected chi connectivity index (χ4v) is 5.75. The van der Waals surface area contributed by atoms with Crippen molar-refractivity contribution in [3.63, 3.8) is 0 Å². The van der Waals surface area contributed by atoms with Crippen LogP contribution in [0.1, 0.15) is 31.0 Å². The number of fused-ring (bicyclic) bond motifs is 2. The zero-order chi connectivity index (χ0) is 25.6. The average molecular weight is 504 g/mol. The number of hydrogen-bond donors (Lipinski definition) is 0. The number of hydrogen-bond acceptors (Lipinski definition) is 6. The number of carbonyl (C=O) groups excluding carboxylic acids is 2. The Bertz CT molecular complexity index is 1630. The molecule has 9 heteroatoms. The third-order valence-electron chi connectivity index (χ3n) is 6.14. The van der Waals surface area contributed by atoms with Gasteiger partial charge in [-0.3, -0.25) is 14.2 Å². The number of ether oxygens (including phenoxy) is 1. The second kappa shape index (κ2) is 9.16. The van der Waals surface area contributed by atoms with Crippen molar-refractivity contribution in [3.05, 3.63) is 109 Å². The van der Waals surface area contributed by atoms with Crippen molar-refractivity contribution in [3.8, 4) is 0 Å². The van der Waals surface area contributed by atoms with Crippen LogP contribution in [0.2, 0.25) is 0 Å². The molecule has 1 atom stereocenters. The SMILES string of the molecule is C=CCN1C(=O)/C(=c2\sc3n(c2=O)[C@H](c2ccc(F)cc2)C(C(=O)OCC)=C(C)N=3)c2ccccc21. The van der Waals surface area contributed by atoms with Crippen molar-refractivity contribution in [2.24, 2.45) is 4.99 Å². The Hall–Kier alpha value is -4.11. The average Bonchev–Trinajstić information content (AvgIpc) is 3.32. The summed E-state index contributed by atoms with van der Waals surface area (Å²) in [6.45, 7) is 7.54. The summed E-state index contributed by atoms with van der Waals surface area (Å²) >= 11 is 1.09. The Morgan fingerprint density at radius 3 is 2.61 bits per heavy atom. The van der Waals surface area contributed by atoms with E-state index in [4.69, 9.17) is 4.74 Å². The predicted octanol–water partition coefficient (Wildman–Crippen LogP) is 2.84. The summed E-state index contributed by atoms with van der Waals surface area (Å²) in [6, 6.07) is 12.0. The van der Waals surface area contributed by atoms with Crippen LogP contribution in [0.4, 0.5) is 10.1 Å². The summed E-state index contributed by atoms with van der Waals surface area (Å²) in [6.07, 6.45) is 1.63. The number of rotatable bonds is 5. The Kier molecular flexibility index (Phi) is 6.01. The van der Waals surface area contributed by atoms with Gasteiger partial charge in [-0.1, -0.05) is 47.7 Å². The summed E-state index contributed by atoms with van der Waals surface area (Å²) in [5, 5.41) is 0. The summed E-state index contributed by atoms with van der Waals surface area (Å²) in [7, 11) is 0. The van der Waals surface area contributed by atoms with E-state index in [1.54, 1.807) is 30.9 Å². The van der Waals surface area contributed by atoms with Crippen LogP contribution in [0.25, 0.3) is 5.57 Å². The van der Waals surface area contributed by atoms with Crippen LogP contribution in [-0.2, 0) is 14.3 Å². The molecular weight excluding hydrogens is 481 g/mol. The molecule has 3 aromatic rings. The largest absolute Gasteiger partial charge is 0.463 e. The number of allylic oxidation sites excluding steroid dienone is 1. The van der Waals surface area contributed by atoms with E-state index in [-0.39, 0.29) is 28.2 Å². The first-order chi connectivity index (χ1) is 17.4. The molecule has 0 unspecified atom stereocenters. The lowest BCUT2D eigenvalue weighted by Crippen LogP contribution is -2.41. The highest BCUT2D eigenvalue weighted by atomic mass is 32.1. The molecule has 2 aromatic carbocycles. The maximum Gasteiger partial charge on any atom is 0.338 e. The molecule has 0 fully saturated rings. The van der Waals surface area contributed by atoms with Crippen LogP contribution < -0.4 is 19.8 Å². The minimum absolute atomic E-state index is 0.144. The zero-order valence-electron chi connectivity index (χ0n) is 19.7. The van der Waals surface area contributed by atoms with Gasteiger partial charge < -0.3 is 9.64 Å². The minimum atomic E-state index is -0.883. The molecule has 2 aliphatic heterocycles. The summed E-state index contributed by atoms with van der Waals surface area (Å²) in [4.78, 5) is 46.9. The molecule has 36 heavy (non-hydrogen) atoms. The number of halogens is 1. The van der Waals surface area contributed by atoms with Gasteiger partial charge in [-0.05, 0) is 37.6 Å². The highest BCUT2D eigenvalue weighted by molar-refractivity contribution is 7.07. The van der Waals surface area contributed by atoms with E-state index in [1.807, 2.05) is 18.2 Å². The Morgan fingerprint density at radius 2 is 1.92 bits per heavy atom. The van der Waals surface area contributed by atoms with Crippen LogP contribution >= 0.6 is 11.3 Å². The molecule has 7 nitrogen and oxygen atoms in total. The molecule has 0 saturated heterocycles. The first-order valence-corrected chi connectivity index (χ1v) is 12.2. The van der Waals surface area contributed by atoms with Gasteiger partial charge in [0.1, 0.15) is 10.3 Å². The van der Waals surface area contributed by atoms with E-state index < -0.39 is 23.4 Å². The van der Waals surface area contributed by atoms with Gasteiger partial charge in [-0.2, -0.15) is 0 Å². The highest BCUT2D eigenvalue weighted by Crippen LogP contribution is 2.35. The maximum absolute atomic E-state index is 14.0. The van der Waals surface area contributed by atoms with Crippen LogP contribution in [0.15, 0.2) is 82.2 Å². The predicted molar refractivity (Wildman–Crippen MR) is 135 cm³/mol. The van der Waals surface area contributed by atoms with E-state index >= 15 is 0 Å². The zero-order valence-corrected chi connectivity index (χ0v) is 20.5. The maximum atomic E-state index is 14.0. The number of carbonyl (C=O) groups is 2. The van der Waals surface area contributed by atoms with Crippen LogP contribution in [0.3, 0.4) is 0 Å². The molecule has 2 aliphatic rings. The normalized spacial score (nSPS) is 18.0. The number of anilines is 1. The van der Waals surface area contributed by atoms with Crippen LogP contribution in [0, 0.1) is 5.82 Å². The molecule has 0 radical (unpaired) electrons. The number of nitrogens with zero attached hydrogens (tertiary/aromatic N) is 3. The molecule has 3 heterocycles. The van der Waals surface area contributed by atoms with Gasteiger partial charge in [0.15, 0.2) is 4.80 Å². The number of amides is 1. The van der Waals surface area contributed by atoms with Crippen molar-refractivity contribution in [2.45, 2.75) is 19.9 Å².